The third-order valence-electron chi connectivity index (χ3n) is 3.26. The summed E-state index contributed by atoms with van der Waals surface area (Å²) in [4.78, 5) is 16.9. The molecule has 0 radical (unpaired) electrons. The number of hydrogen-bond acceptors (Lipinski definition) is 4. The van der Waals surface area contributed by atoms with Crippen LogP contribution >= 0.6 is 22.9 Å². The van der Waals surface area contributed by atoms with Gasteiger partial charge in [-0.2, -0.15) is 5.26 Å². The van der Waals surface area contributed by atoms with E-state index >= 15 is 0 Å². The first kappa shape index (κ1) is 13.3. The molecule has 0 spiro atoms. The number of nitrogens with one attached hydrogen (secondary N) is 1. The van der Waals surface area contributed by atoms with E-state index in [1.165, 1.54) is 11.3 Å². The first-order valence-electron chi connectivity index (χ1n) is 5.93. The second-order valence-electron chi connectivity index (χ2n) is 4.58. The lowest BCUT2D eigenvalue weighted by atomic mass is 9.83. The molecule has 2 rings (SSSR count). The van der Waals surface area contributed by atoms with E-state index in [2.05, 4.69) is 16.4 Å². The van der Waals surface area contributed by atoms with Crippen LogP contribution in [0.15, 0.2) is 0 Å². The molecule has 0 aliphatic heterocycles. The highest BCUT2D eigenvalue weighted by atomic mass is 35.5. The van der Waals surface area contributed by atoms with Gasteiger partial charge in [0, 0.05) is 4.88 Å². The lowest BCUT2D eigenvalue weighted by molar-refractivity contribution is 0.0897. The fourth-order valence-electron chi connectivity index (χ4n) is 2.27. The monoisotopic (exact) mass is 283 g/mol. The molecule has 1 amide bonds. The minimum absolute atomic E-state index is 0.292. The van der Waals surface area contributed by atoms with Crippen molar-refractivity contribution in [2.24, 2.45) is 0 Å². The number of nitriles is 1. The van der Waals surface area contributed by atoms with Gasteiger partial charge in [-0.3, -0.25) is 4.79 Å². The van der Waals surface area contributed by atoms with Crippen LogP contribution < -0.4 is 5.32 Å². The van der Waals surface area contributed by atoms with E-state index in [1.807, 2.05) is 0 Å². The fourth-order valence-corrected chi connectivity index (χ4v) is 3.33. The molecule has 1 heterocycles. The van der Waals surface area contributed by atoms with Gasteiger partial charge in [-0.1, -0.05) is 30.9 Å². The van der Waals surface area contributed by atoms with E-state index in [0.717, 1.165) is 24.1 Å². The second-order valence-corrected chi connectivity index (χ2v) is 6.37. The molecule has 1 fully saturated rings. The Morgan fingerprint density at radius 1 is 1.50 bits per heavy atom. The van der Waals surface area contributed by atoms with E-state index < -0.39 is 5.54 Å². The summed E-state index contributed by atoms with van der Waals surface area (Å²) in [5, 5.41) is 12.1. The average molecular weight is 284 g/mol. The molecule has 1 saturated carbocycles. The zero-order chi connectivity index (χ0) is 13.2. The van der Waals surface area contributed by atoms with Crippen LogP contribution in [0.25, 0.3) is 0 Å². The van der Waals surface area contributed by atoms with Crippen molar-refractivity contribution in [3.63, 3.8) is 0 Å². The van der Waals surface area contributed by atoms with Crippen molar-refractivity contribution in [1.29, 1.82) is 5.26 Å². The van der Waals surface area contributed by atoms with Crippen LogP contribution in [0.3, 0.4) is 0 Å². The number of aromatic nitrogens is 1. The maximum atomic E-state index is 12.1. The summed E-state index contributed by atoms with van der Waals surface area (Å²) in [6.07, 6.45) is 4.51. The normalized spacial score (nSPS) is 18.1. The van der Waals surface area contributed by atoms with Gasteiger partial charge in [0.1, 0.15) is 11.2 Å². The van der Waals surface area contributed by atoms with Crippen LogP contribution in [-0.4, -0.2) is 16.4 Å². The third kappa shape index (κ3) is 2.65. The van der Waals surface area contributed by atoms with Gasteiger partial charge in [0.2, 0.25) is 0 Å². The highest BCUT2D eigenvalue weighted by Gasteiger charge is 2.34. The Labute approximate surface area is 115 Å². The zero-order valence-electron chi connectivity index (χ0n) is 10.1. The molecule has 18 heavy (non-hydrogen) atoms. The fraction of sp³-hybridized carbons (Fsp3) is 0.583. The molecule has 1 aromatic heterocycles. The van der Waals surface area contributed by atoms with Crippen LogP contribution in [0.1, 0.15) is 47.5 Å². The Hall–Kier alpha value is -1.12. The minimum atomic E-state index is -0.724. The van der Waals surface area contributed by atoms with Crippen molar-refractivity contribution in [3.8, 4) is 6.07 Å². The SMILES string of the molecule is Cc1sc(Cl)nc1C(=O)NC1(C#N)CCCCC1. The molecule has 6 heteroatoms. The smallest absolute Gasteiger partial charge is 0.272 e. The van der Waals surface area contributed by atoms with E-state index in [-0.39, 0.29) is 5.91 Å². The van der Waals surface area contributed by atoms with Gasteiger partial charge in [-0.15, -0.1) is 11.3 Å². The molecule has 1 N–H and O–H groups in total. The first-order valence-corrected chi connectivity index (χ1v) is 7.12. The molecule has 4 nitrogen and oxygen atoms in total. The quantitative estimate of drug-likeness (QED) is 0.907. The van der Waals surface area contributed by atoms with Gasteiger partial charge < -0.3 is 5.32 Å². The molecular weight excluding hydrogens is 270 g/mol. The predicted octanol–water partition coefficient (Wildman–Crippen LogP) is 3.06. The van der Waals surface area contributed by atoms with Gasteiger partial charge >= 0.3 is 0 Å². The van der Waals surface area contributed by atoms with Gasteiger partial charge in [-0.05, 0) is 19.8 Å². The summed E-state index contributed by atoms with van der Waals surface area (Å²) < 4.78 is 0.354. The molecule has 1 aliphatic rings. The maximum Gasteiger partial charge on any atom is 0.272 e. The number of carbonyl (C=O) groups is 1. The molecule has 1 aromatic rings. The third-order valence-corrected chi connectivity index (χ3v) is 4.33. The van der Waals surface area contributed by atoms with E-state index in [9.17, 15) is 10.1 Å². The van der Waals surface area contributed by atoms with Crippen LogP contribution in [0.5, 0.6) is 0 Å². The van der Waals surface area contributed by atoms with Gasteiger partial charge in [0.25, 0.3) is 5.91 Å². The zero-order valence-corrected chi connectivity index (χ0v) is 11.7. The van der Waals surface area contributed by atoms with Crippen LogP contribution in [0, 0.1) is 18.3 Å². The summed E-state index contributed by atoms with van der Waals surface area (Å²) >= 11 is 7.06. The number of halogens is 1. The van der Waals surface area contributed by atoms with E-state index in [4.69, 9.17) is 11.6 Å². The van der Waals surface area contributed by atoms with Gasteiger partial charge in [0.15, 0.2) is 4.47 Å². The molecule has 0 bridgehead atoms. The number of hydrogen-bond donors (Lipinski definition) is 1. The van der Waals surface area contributed by atoms with Crippen LogP contribution in [0.2, 0.25) is 4.47 Å². The van der Waals surface area contributed by atoms with Crippen molar-refractivity contribution >= 4 is 28.8 Å². The van der Waals surface area contributed by atoms with Crippen molar-refractivity contribution in [1.82, 2.24) is 10.3 Å². The minimum Gasteiger partial charge on any atom is -0.332 e. The number of carbonyl (C=O) groups excluding carboxylic acids is 1. The second kappa shape index (κ2) is 5.25. The summed E-state index contributed by atoms with van der Waals surface area (Å²) in [7, 11) is 0. The first-order chi connectivity index (χ1) is 8.56. The van der Waals surface area contributed by atoms with Crippen LogP contribution in [0.4, 0.5) is 0 Å². The maximum absolute atomic E-state index is 12.1. The van der Waals surface area contributed by atoms with Crippen molar-refractivity contribution in [3.05, 3.63) is 15.0 Å². The molecule has 1 aliphatic carbocycles. The molecule has 0 saturated heterocycles. The van der Waals surface area contributed by atoms with Crippen molar-refractivity contribution < 1.29 is 4.79 Å². The largest absolute Gasteiger partial charge is 0.332 e. The highest BCUT2D eigenvalue weighted by Crippen LogP contribution is 2.29. The van der Waals surface area contributed by atoms with Gasteiger partial charge in [0.05, 0.1) is 6.07 Å². The topological polar surface area (TPSA) is 65.8 Å². The number of rotatable bonds is 2. The summed E-state index contributed by atoms with van der Waals surface area (Å²) in [6.45, 7) is 1.80. The van der Waals surface area contributed by atoms with E-state index in [0.29, 0.717) is 23.0 Å². The Morgan fingerprint density at radius 2 is 2.17 bits per heavy atom. The average Bonchev–Trinajstić information content (AvgIpc) is 2.70. The molecular formula is C12H14ClN3OS. The summed E-state index contributed by atoms with van der Waals surface area (Å²) in [5.74, 6) is -0.292. The van der Waals surface area contributed by atoms with Gasteiger partial charge in [-0.25, -0.2) is 4.98 Å². The molecule has 0 aromatic carbocycles. The Kier molecular flexibility index (Phi) is 3.88. The number of thiazole rings is 1. The molecule has 0 unspecified atom stereocenters. The Balaban J connectivity index is 2.15. The Morgan fingerprint density at radius 3 is 2.67 bits per heavy atom. The summed E-state index contributed by atoms with van der Waals surface area (Å²) in [5.41, 5.74) is -0.386. The number of aryl methyl sites for hydroxylation is 1. The highest BCUT2D eigenvalue weighted by molar-refractivity contribution is 7.15. The number of amides is 1. The Bertz CT molecular complexity index is 500. The van der Waals surface area contributed by atoms with Crippen molar-refractivity contribution in [2.45, 2.75) is 44.6 Å². The molecule has 0 atom stereocenters. The molecule has 96 valence electrons. The standard InChI is InChI=1S/C12H14ClN3OS/c1-8-9(15-11(13)18-8)10(17)16-12(7-14)5-3-2-4-6-12/h2-6H2,1H3,(H,16,17). The lowest BCUT2D eigenvalue weighted by Gasteiger charge is -2.31. The van der Waals surface area contributed by atoms with E-state index in [1.54, 1.807) is 6.92 Å². The number of nitrogens with zero attached hydrogens (tertiary/aromatic N) is 2. The van der Waals surface area contributed by atoms with Crippen molar-refractivity contribution in [2.75, 3.05) is 0 Å². The predicted molar refractivity (Wildman–Crippen MR) is 70.8 cm³/mol. The van der Waals surface area contributed by atoms with Crippen LogP contribution in [-0.2, 0) is 0 Å². The summed E-state index contributed by atoms with van der Waals surface area (Å²) in [6, 6.07) is 2.26. The lowest BCUT2D eigenvalue weighted by Crippen LogP contribution is -2.48.